The van der Waals surface area contributed by atoms with Gasteiger partial charge in [0.25, 0.3) is 0 Å². The first-order chi connectivity index (χ1) is 10.1. The van der Waals surface area contributed by atoms with E-state index in [-0.39, 0.29) is 50.1 Å². The lowest BCUT2D eigenvalue weighted by molar-refractivity contribution is -0.138. The molecule has 2 rings (SSSR count). The predicted octanol–water partition coefficient (Wildman–Crippen LogP) is 0.375. The lowest BCUT2D eigenvalue weighted by atomic mass is 10.1. The van der Waals surface area contributed by atoms with Gasteiger partial charge in [-0.15, -0.1) is 0 Å². The lowest BCUT2D eigenvalue weighted by Crippen LogP contribution is -2.36. The van der Waals surface area contributed by atoms with Crippen LogP contribution in [-0.2, 0) is 14.4 Å². The number of nitrogens with one attached hydrogen (secondary N) is 1. The Balaban J connectivity index is 1.86. The van der Waals surface area contributed by atoms with Crippen LogP contribution in [0.25, 0.3) is 0 Å². The minimum absolute atomic E-state index is 0.0425. The van der Waals surface area contributed by atoms with Crippen molar-refractivity contribution in [2.45, 2.75) is 25.3 Å². The number of carbonyl (C=O) groups is 3. The molecule has 0 spiro atoms. The number of imide groups is 1. The van der Waals surface area contributed by atoms with Gasteiger partial charge in [-0.05, 0) is 5.56 Å². The first-order valence-electron chi connectivity index (χ1n) is 6.90. The van der Waals surface area contributed by atoms with Crippen molar-refractivity contribution in [3.63, 3.8) is 0 Å². The highest BCUT2D eigenvalue weighted by atomic mass is 16.3. The zero-order valence-electron chi connectivity index (χ0n) is 11.6. The van der Waals surface area contributed by atoms with Crippen LogP contribution in [0.4, 0.5) is 0 Å². The Morgan fingerprint density at radius 2 is 1.81 bits per heavy atom. The summed E-state index contributed by atoms with van der Waals surface area (Å²) in [5, 5.41) is 12.1. The molecule has 0 aromatic heterocycles. The highest BCUT2D eigenvalue weighted by Gasteiger charge is 2.29. The monoisotopic (exact) mass is 290 g/mol. The lowest BCUT2D eigenvalue weighted by Gasteiger charge is -2.18. The van der Waals surface area contributed by atoms with E-state index >= 15 is 0 Å². The Morgan fingerprint density at radius 3 is 2.38 bits per heavy atom. The van der Waals surface area contributed by atoms with Gasteiger partial charge in [-0.3, -0.25) is 19.3 Å². The minimum atomic E-state index is -0.483. The van der Waals surface area contributed by atoms with Crippen molar-refractivity contribution >= 4 is 17.7 Å². The maximum Gasteiger partial charge on any atom is 0.229 e. The summed E-state index contributed by atoms with van der Waals surface area (Å²) >= 11 is 0. The average molecular weight is 290 g/mol. The summed E-state index contributed by atoms with van der Waals surface area (Å²) in [6.45, 7) is -0.117. The molecular weight excluding hydrogens is 272 g/mol. The zero-order chi connectivity index (χ0) is 15.2. The molecule has 1 heterocycles. The normalized spacial score (nSPS) is 16.1. The number of carbonyl (C=O) groups excluding carboxylic acids is 3. The fraction of sp³-hybridized carbons (Fsp3) is 0.400. The van der Waals surface area contributed by atoms with E-state index in [1.165, 1.54) is 0 Å². The van der Waals surface area contributed by atoms with Crippen molar-refractivity contribution in [1.82, 2.24) is 10.2 Å². The van der Waals surface area contributed by atoms with Crippen molar-refractivity contribution in [2.24, 2.45) is 0 Å². The van der Waals surface area contributed by atoms with Crippen molar-refractivity contribution in [3.8, 4) is 0 Å². The van der Waals surface area contributed by atoms with Gasteiger partial charge in [0.15, 0.2) is 0 Å². The Kier molecular flexibility index (Phi) is 5.05. The summed E-state index contributed by atoms with van der Waals surface area (Å²) in [6, 6.07) is 8.65. The Hall–Kier alpha value is -2.21. The van der Waals surface area contributed by atoms with Crippen LogP contribution >= 0.6 is 0 Å². The quantitative estimate of drug-likeness (QED) is 0.741. The first kappa shape index (κ1) is 15.2. The zero-order valence-corrected chi connectivity index (χ0v) is 11.6. The maximum atomic E-state index is 11.9. The van der Waals surface area contributed by atoms with Crippen molar-refractivity contribution in [2.75, 3.05) is 13.2 Å². The van der Waals surface area contributed by atoms with E-state index in [0.29, 0.717) is 0 Å². The molecule has 0 radical (unpaired) electrons. The molecule has 0 aliphatic carbocycles. The molecule has 21 heavy (non-hydrogen) atoms. The number of aliphatic hydroxyl groups excluding tert-OH is 1. The van der Waals surface area contributed by atoms with Crippen LogP contribution in [0.2, 0.25) is 0 Å². The van der Waals surface area contributed by atoms with Gasteiger partial charge >= 0.3 is 0 Å². The summed E-state index contributed by atoms with van der Waals surface area (Å²) in [5.74, 6) is -0.755. The number of aliphatic hydroxyl groups is 1. The standard InChI is InChI=1S/C15H18N2O4/c18-10-12(11-4-2-1-3-5-11)16-13(19)8-9-17-14(20)6-7-15(17)21/h1-5,12,18H,6-10H2,(H,16,19)/t12-/m1/s1. The fourth-order valence-corrected chi connectivity index (χ4v) is 2.27. The number of rotatable bonds is 6. The van der Waals surface area contributed by atoms with Gasteiger partial charge in [-0.1, -0.05) is 30.3 Å². The number of nitrogens with zero attached hydrogens (tertiary/aromatic N) is 1. The highest BCUT2D eigenvalue weighted by molar-refractivity contribution is 6.02. The Bertz CT molecular complexity index is 514. The van der Waals surface area contributed by atoms with Gasteiger partial charge in [0.1, 0.15) is 0 Å². The third-order valence-corrected chi connectivity index (χ3v) is 3.44. The van der Waals surface area contributed by atoms with E-state index in [2.05, 4.69) is 5.32 Å². The summed E-state index contributed by atoms with van der Waals surface area (Å²) in [5.41, 5.74) is 0.807. The summed E-state index contributed by atoms with van der Waals surface area (Å²) in [4.78, 5) is 35.9. The maximum absolute atomic E-state index is 11.9. The molecule has 1 fully saturated rings. The van der Waals surface area contributed by atoms with Crippen LogP contribution in [0.5, 0.6) is 0 Å². The van der Waals surface area contributed by atoms with Gasteiger partial charge in [-0.2, -0.15) is 0 Å². The van der Waals surface area contributed by atoms with Crippen molar-refractivity contribution < 1.29 is 19.5 Å². The molecular formula is C15H18N2O4. The van der Waals surface area contributed by atoms with Crippen molar-refractivity contribution in [1.29, 1.82) is 0 Å². The summed E-state index contributed by atoms with van der Waals surface area (Å²) in [6.07, 6.45) is 0.494. The van der Waals surface area contributed by atoms with Crippen LogP contribution in [-0.4, -0.2) is 40.9 Å². The molecule has 112 valence electrons. The molecule has 0 unspecified atom stereocenters. The number of likely N-dealkylation sites (tertiary alicyclic amines) is 1. The van der Waals surface area contributed by atoms with E-state index in [1.54, 1.807) is 0 Å². The Morgan fingerprint density at radius 1 is 1.19 bits per heavy atom. The fourth-order valence-electron chi connectivity index (χ4n) is 2.27. The van der Waals surface area contributed by atoms with Gasteiger partial charge in [-0.25, -0.2) is 0 Å². The van der Waals surface area contributed by atoms with Crippen LogP contribution < -0.4 is 5.32 Å². The summed E-state index contributed by atoms with van der Waals surface area (Å²) in [7, 11) is 0. The van der Waals surface area contributed by atoms with Gasteiger partial charge in [0.05, 0.1) is 12.6 Å². The number of benzene rings is 1. The number of hydrogen-bond acceptors (Lipinski definition) is 4. The highest BCUT2D eigenvalue weighted by Crippen LogP contribution is 2.13. The van der Waals surface area contributed by atoms with E-state index < -0.39 is 6.04 Å². The first-order valence-corrected chi connectivity index (χ1v) is 6.90. The van der Waals surface area contributed by atoms with E-state index in [4.69, 9.17) is 0 Å². The summed E-state index contributed by atoms with van der Waals surface area (Å²) < 4.78 is 0. The second-order valence-electron chi connectivity index (χ2n) is 4.90. The second-order valence-corrected chi connectivity index (χ2v) is 4.90. The molecule has 0 saturated carbocycles. The van der Waals surface area contributed by atoms with Gasteiger partial charge in [0.2, 0.25) is 17.7 Å². The SMILES string of the molecule is O=C(CCN1C(=O)CCC1=O)N[C@H](CO)c1ccccc1. The van der Waals surface area contributed by atoms with Gasteiger partial charge < -0.3 is 10.4 Å². The van der Waals surface area contributed by atoms with Crippen LogP contribution in [0.1, 0.15) is 30.9 Å². The smallest absolute Gasteiger partial charge is 0.229 e. The number of amides is 3. The molecule has 3 amide bonds. The third kappa shape index (κ3) is 3.88. The molecule has 0 bridgehead atoms. The minimum Gasteiger partial charge on any atom is -0.394 e. The molecule has 1 atom stereocenters. The molecule has 2 N–H and O–H groups in total. The molecule has 1 aromatic rings. The predicted molar refractivity (Wildman–Crippen MR) is 75.0 cm³/mol. The van der Waals surface area contributed by atoms with Crippen molar-refractivity contribution in [3.05, 3.63) is 35.9 Å². The van der Waals surface area contributed by atoms with Crippen LogP contribution in [0.15, 0.2) is 30.3 Å². The molecule has 6 heteroatoms. The third-order valence-electron chi connectivity index (χ3n) is 3.44. The van der Waals surface area contributed by atoms with Gasteiger partial charge in [0, 0.05) is 25.8 Å². The average Bonchev–Trinajstić information content (AvgIpc) is 2.82. The van der Waals surface area contributed by atoms with Crippen LogP contribution in [0.3, 0.4) is 0 Å². The molecule has 1 saturated heterocycles. The topological polar surface area (TPSA) is 86.7 Å². The number of hydrogen-bond donors (Lipinski definition) is 2. The second kappa shape index (κ2) is 6.99. The molecule has 1 aromatic carbocycles. The van der Waals surface area contributed by atoms with E-state index in [9.17, 15) is 19.5 Å². The Labute approximate surface area is 122 Å². The molecule has 1 aliphatic rings. The van der Waals surface area contributed by atoms with Crippen LogP contribution in [0, 0.1) is 0 Å². The van der Waals surface area contributed by atoms with E-state index in [1.807, 2.05) is 30.3 Å². The van der Waals surface area contributed by atoms with E-state index in [0.717, 1.165) is 10.5 Å². The molecule has 6 nitrogen and oxygen atoms in total. The largest absolute Gasteiger partial charge is 0.394 e. The molecule has 1 aliphatic heterocycles.